The van der Waals surface area contributed by atoms with E-state index in [0.717, 1.165) is 5.56 Å². The van der Waals surface area contributed by atoms with E-state index in [2.05, 4.69) is 14.8 Å². The summed E-state index contributed by atoms with van der Waals surface area (Å²) < 4.78 is 32.7. The Balaban J connectivity index is 2.13. The Morgan fingerprint density at radius 2 is 1.82 bits per heavy atom. The summed E-state index contributed by atoms with van der Waals surface area (Å²) in [5.41, 5.74) is 0.684. The monoisotopic (exact) mass is 424 g/mol. The number of rotatable bonds is 8. The van der Waals surface area contributed by atoms with E-state index in [1.165, 1.54) is 25.3 Å². The van der Waals surface area contributed by atoms with Gasteiger partial charge in [-0.3, -0.25) is 0 Å². The Kier molecular flexibility index (Phi) is 7.22. The first kappa shape index (κ1) is 22.4. The highest BCUT2D eigenvalue weighted by Crippen LogP contribution is 2.23. The van der Waals surface area contributed by atoms with Gasteiger partial charge in [0.05, 0.1) is 17.7 Å². The minimum atomic E-state index is -3.92. The van der Waals surface area contributed by atoms with E-state index in [-0.39, 0.29) is 28.1 Å². The number of sulfonamides is 1. The van der Waals surface area contributed by atoms with Gasteiger partial charge in [-0.15, -0.1) is 0 Å². The molecule has 0 aliphatic rings. The summed E-state index contributed by atoms with van der Waals surface area (Å²) in [6.45, 7) is 5.95. The van der Waals surface area contributed by atoms with Crippen LogP contribution in [0.5, 0.6) is 0 Å². The molecule has 28 heavy (non-hydrogen) atoms. The van der Waals surface area contributed by atoms with Crippen LogP contribution in [0.4, 0.5) is 0 Å². The van der Waals surface area contributed by atoms with E-state index in [0.29, 0.717) is 0 Å². The first-order chi connectivity index (χ1) is 13.1. The number of nitrogens with one attached hydrogen (secondary N) is 2. The number of hydrogen-bond acceptors (Lipinski definition) is 5. The summed E-state index contributed by atoms with van der Waals surface area (Å²) in [5.74, 6) is -0.633. The van der Waals surface area contributed by atoms with Crippen LogP contribution in [0.1, 0.15) is 42.7 Å². The maximum atomic E-state index is 12.7. The number of esters is 1. The van der Waals surface area contributed by atoms with Gasteiger partial charge in [0.1, 0.15) is 4.90 Å². The molecule has 0 aromatic heterocycles. The van der Waals surface area contributed by atoms with Gasteiger partial charge < -0.3 is 10.1 Å². The average molecular weight is 425 g/mol. The minimum Gasteiger partial charge on any atom is -0.465 e. The second-order valence-corrected chi connectivity index (χ2v) is 9.26. The molecule has 0 fully saturated rings. The Morgan fingerprint density at radius 3 is 2.43 bits per heavy atom. The normalized spacial score (nSPS) is 13.2. The summed E-state index contributed by atoms with van der Waals surface area (Å²) in [5, 5.41) is 3.45. The van der Waals surface area contributed by atoms with Crippen molar-refractivity contribution in [2.75, 3.05) is 13.7 Å². The van der Waals surface area contributed by atoms with Gasteiger partial charge in [-0.05, 0) is 44.5 Å². The lowest BCUT2D eigenvalue weighted by molar-refractivity contribution is 0.0600. The molecule has 0 heterocycles. The zero-order chi connectivity index (χ0) is 20.9. The number of benzene rings is 2. The molecule has 2 aromatic rings. The number of carbonyl (C=O) groups excluding carboxylic acids is 1. The van der Waals surface area contributed by atoms with Gasteiger partial charge in [0.15, 0.2) is 0 Å². The zero-order valence-electron chi connectivity index (χ0n) is 16.3. The van der Waals surface area contributed by atoms with Crippen molar-refractivity contribution in [3.63, 3.8) is 0 Å². The van der Waals surface area contributed by atoms with Crippen molar-refractivity contribution in [1.82, 2.24) is 10.0 Å². The third kappa shape index (κ3) is 5.78. The van der Waals surface area contributed by atoms with Crippen molar-refractivity contribution >= 4 is 27.6 Å². The highest BCUT2D eigenvalue weighted by Gasteiger charge is 2.26. The van der Waals surface area contributed by atoms with Gasteiger partial charge in [0.25, 0.3) is 0 Å². The quantitative estimate of drug-likeness (QED) is 0.633. The molecule has 0 aliphatic heterocycles. The maximum absolute atomic E-state index is 12.7. The summed E-state index contributed by atoms with van der Waals surface area (Å²) in [6.07, 6.45) is 0. The molecule has 0 saturated carbocycles. The first-order valence-electron chi connectivity index (χ1n) is 8.76. The summed E-state index contributed by atoms with van der Waals surface area (Å²) >= 11 is 6.06. The van der Waals surface area contributed by atoms with Gasteiger partial charge >= 0.3 is 5.97 Å². The van der Waals surface area contributed by atoms with E-state index >= 15 is 0 Å². The Bertz CT molecular complexity index is 930. The number of halogens is 1. The molecule has 1 unspecified atom stereocenters. The third-order valence-corrected chi connectivity index (χ3v) is 6.14. The SMILES string of the molecule is COC(=O)c1ccc(Cl)c(S(=O)(=O)NCC(C)(C)NC(C)c2ccccc2)c1. The largest absolute Gasteiger partial charge is 0.465 e. The zero-order valence-corrected chi connectivity index (χ0v) is 17.9. The predicted molar refractivity (Wildman–Crippen MR) is 110 cm³/mol. The maximum Gasteiger partial charge on any atom is 0.337 e. The van der Waals surface area contributed by atoms with E-state index in [1.54, 1.807) is 0 Å². The smallest absolute Gasteiger partial charge is 0.337 e. The fourth-order valence-electron chi connectivity index (χ4n) is 2.77. The van der Waals surface area contributed by atoms with Crippen molar-refractivity contribution in [3.05, 3.63) is 64.7 Å². The number of carbonyl (C=O) groups is 1. The molecule has 1 atom stereocenters. The van der Waals surface area contributed by atoms with Crippen LogP contribution in [0.2, 0.25) is 5.02 Å². The molecule has 2 rings (SSSR count). The van der Waals surface area contributed by atoms with Crippen LogP contribution in [0, 0.1) is 0 Å². The molecule has 0 saturated heterocycles. The van der Waals surface area contributed by atoms with Crippen LogP contribution < -0.4 is 10.0 Å². The minimum absolute atomic E-state index is 0.0311. The van der Waals surface area contributed by atoms with Crippen molar-refractivity contribution in [3.8, 4) is 0 Å². The standard InChI is InChI=1S/C20H25ClN2O4S/c1-14(15-8-6-5-7-9-15)23-20(2,3)13-22-28(25,26)18-12-16(19(24)27-4)10-11-17(18)21/h5-12,14,22-23H,13H2,1-4H3. The molecule has 0 radical (unpaired) electrons. The lowest BCUT2D eigenvalue weighted by Gasteiger charge is -2.31. The molecule has 0 aliphatic carbocycles. The molecule has 6 nitrogen and oxygen atoms in total. The highest BCUT2D eigenvalue weighted by molar-refractivity contribution is 7.89. The molecular weight excluding hydrogens is 400 g/mol. The fraction of sp³-hybridized carbons (Fsp3) is 0.350. The molecule has 2 aromatic carbocycles. The lowest BCUT2D eigenvalue weighted by Crippen LogP contribution is -2.49. The second kappa shape index (κ2) is 9.05. The summed E-state index contributed by atoms with van der Waals surface area (Å²) in [4.78, 5) is 11.5. The van der Waals surface area contributed by atoms with Crippen molar-refractivity contribution in [1.29, 1.82) is 0 Å². The summed E-state index contributed by atoms with van der Waals surface area (Å²) in [6, 6.07) is 13.9. The van der Waals surface area contributed by atoms with E-state index in [1.807, 2.05) is 51.1 Å². The van der Waals surface area contributed by atoms with Gasteiger partial charge in [-0.1, -0.05) is 41.9 Å². The molecular formula is C20H25ClN2O4S. The highest BCUT2D eigenvalue weighted by atomic mass is 35.5. The predicted octanol–water partition coefficient (Wildman–Crippen LogP) is 3.53. The molecule has 0 amide bonds. The van der Waals surface area contributed by atoms with Crippen LogP contribution in [-0.2, 0) is 14.8 Å². The number of ether oxygens (including phenoxy) is 1. The topological polar surface area (TPSA) is 84.5 Å². The number of methoxy groups -OCH3 is 1. The van der Waals surface area contributed by atoms with Crippen LogP contribution in [0.25, 0.3) is 0 Å². The van der Waals surface area contributed by atoms with E-state index < -0.39 is 21.5 Å². The number of hydrogen-bond donors (Lipinski definition) is 2. The summed E-state index contributed by atoms with van der Waals surface area (Å²) in [7, 11) is -2.69. The molecule has 0 spiro atoms. The Morgan fingerprint density at radius 1 is 1.18 bits per heavy atom. The van der Waals surface area contributed by atoms with Gasteiger partial charge in [-0.2, -0.15) is 0 Å². The Labute approximate surface area is 171 Å². The van der Waals surface area contributed by atoms with Gasteiger partial charge in [0, 0.05) is 18.1 Å². The molecule has 0 bridgehead atoms. The van der Waals surface area contributed by atoms with Crippen LogP contribution in [0.3, 0.4) is 0 Å². The van der Waals surface area contributed by atoms with Gasteiger partial charge in [-0.25, -0.2) is 17.9 Å². The van der Waals surface area contributed by atoms with Crippen molar-refractivity contribution in [2.45, 2.75) is 37.2 Å². The lowest BCUT2D eigenvalue weighted by atomic mass is 10.0. The fourth-order valence-corrected chi connectivity index (χ4v) is 4.50. The molecule has 2 N–H and O–H groups in total. The van der Waals surface area contributed by atoms with Gasteiger partial charge in [0.2, 0.25) is 10.0 Å². The van der Waals surface area contributed by atoms with Crippen molar-refractivity contribution < 1.29 is 17.9 Å². The van der Waals surface area contributed by atoms with Crippen molar-refractivity contribution in [2.24, 2.45) is 0 Å². The second-order valence-electron chi connectivity index (χ2n) is 7.12. The van der Waals surface area contributed by atoms with Crippen LogP contribution >= 0.6 is 11.6 Å². The average Bonchev–Trinajstić information content (AvgIpc) is 2.66. The Hall–Kier alpha value is -1.93. The first-order valence-corrected chi connectivity index (χ1v) is 10.6. The molecule has 8 heteroatoms. The van der Waals surface area contributed by atoms with E-state index in [9.17, 15) is 13.2 Å². The van der Waals surface area contributed by atoms with Crippen LogP contribution in [0.15, 0.2) is 53.4 Å². The van der Waals surface area contributed by atoms with E-state index in [4.69, 9.17) is 11.6 Å². The van der Waals surface area contributed by atoms with Crippen LogP contribution in [-0.4, -0.2) is 33.6 Å². The molecule has 152 valence electrons. The third-order valence-electron chi connectivity index (χ3n) is 4.25.